The Hall–Kier alpha value is -2.90. The highest BCUT2D eigenvalue weighted by molar-refractivity contribution is 6.35. The Morgan fingerprint density at radius 2 is 1.49 bits per heavy atom. The van der Waals surface area contributed by atoms with Crippen molar-refractivity contribution in [1.29, 1.82) is 0 Å². The van der Waals surface area contributed by atoms with Crippen molar-refractivity contribution in [1.82, 2.24) is 0 Å². The molecule has 9 heteroatoms. The van der Waals surface area contributed by atoms with Crippen LogP contribution < -0.4 is 10.6 Å². The Morgan fingerprint density at radius 1 is 0.830 bits per heavy atom. The first-order chi connectivity index (χ1) is 22.5. The molecule has 2 rings (SSSR count). The summed E-state index contributed by atoms with van der Waals surface area (Å²) in [6, 6.07) is 11.4. The number of rotatable bonds is 23. The van der Waals surface area contributed by atoms with Crippen LogP contribution >= 0.6 is 23.2 Å². The lowest BCUT2D eigenvalue weighted by molar-refractivity contribution is -0.148. The lowest BCUT2D eigenvalue weighted by atomic mass is 9.81. The maximum Gasteiger partial charge on any atom is 0.308 e. The molecule has 0 bridgehead atoms. The number of anilines is 2. The predicted molar refractivity (Wildman–Crippen MR) is 193 cm³/mol. The van der Waals surface area contributed by atoms with E-state index in [0.29, 0.717) is 40.0 Å². The number of amides is 2. The molecule has 0 aromatic heterocycles. The van der Waals surface area contributed by atoms with Crippen molar-refractivity contribution in [2.45, 2.75) is 124 Å². The zero-order chi connectivity index (χ0) is 34.7. The van der Waals surface area contributed by atoms with E-state index in [1.165, 1.54) is 31.7 Å². The van der Waals surface area contributed by atoms with Gasteiger partial charge < -0.3 is 15.4 Å². The minimum atomic E-state index is -0.518. The molecular weight excluding hydrogens is 635 g/mol. The minimum Gasteiger partial charge on any atom is -0.465 e. The van der Waals surface area contributed by atoms with Crippen molar-refractivity contribution in [3.8, 4) is 0 Å². The van der Waals surface area contributed by atoms with Crippen LogP contribution in [-0.4, -0.2) is 30.2 Å². The number of benzene rings is 2. The van der Waals surface area contributed by atoms with E-state index in [4.69, 9.17) is 27.9 Å². The number of ether oxygens (including phenoxy) is 1. The van der Waals surface area contributed by atoms with Crippen LogP contribution in [0.15, 0.2) is 42.5 Å². The minimum absolute atomic E-state index is 0.0100. The van der Waals surface area contributed by atoms with Gasteiger partial charge in [-0.05, 0) is 56.0 Å². The Balaban J connectivity index is 1.67. The van der Waals surface area contributed by atoms with Crippen molar-refractivity contribution >= 4 is 58.1 Å². The molecule has 260 valence electrons. The molecule has 47 heavy (non-hydrogen) atoms. The predicted octanol–water partition coefficient (Wildman–Crippen LogP) is 10.8. The standard InChI is InChI=1S/C38H54Cl2N2O5/c1-5-7-24-47-36(45)28(3)18-15-13-11-9-8-10-12-14-16-23-38(4,6-2)37(46)41-31-20-17-19-29(25-31)34(43)27-35(44)42-33-26-30(39)21-22-32(33)40/h17,19-22,25-26,28H,5-16,18,23-24,27H2,1-4H3,(H,41,46)(H,42,44). The molecule has 0 aliphatic carbocycles. The number of carbonyl (C=O) groups is 4. The Morgan fingerprint density at radius 3 is 2.15 bits per heavy atom. The van der Waals surface area contributed by atoms with E-state index in [-0.39, 0.29) is 30.0 Å². The van der Waals surface area contributed by atoms with Gasteiger partial charge in [0, 0.05) is 21.7 Å². The number of Topliss-reactive ketones (excluding diaryl/α,β-unsaturated/α-hetero) is 1. The first-order valence-electron chi connectivity index (χ1n) is 17.3. The monoisotopic (exact) mass is 688 g/mol. The molecule has 0 spiro atoms. The second kappa shape index (κ2) is 21.9. The molecule has 0 fully saturated rings. The zero-order valence-electron chi connectivity index (χ0n) is 28.7. The number of carbonyl (C=O) groups excluding carboxylic acids is 4. The number of halogens is 2. The number of unbranched alkanes of at least 4 members (excludes halogenated alkanes) is 9. The van der Waals surface area contributed by atoms with Crippen LogP contribution in [0.25, 0.3) is 0 Å². The average Bonchev–Trinajstić information content (AvgIpc) is 3.05. The van der Waals surface area contributed by atoms with E-state index in [1.807, 2.05) is 20.8 Å². The van der Waals surface area contributed by atoms with Crippen molar-refractivity contribution in [2.24, 2.45) is 11.3 Å². The average molecular weight is 690 g/mol. The van der Waals surface area contributed by atoms with Crippen molar-refractivity contribution < 1.29 is 23.9 Å². The van der Waals surface area contributed by atoms with Crippen LogP contribution in [-0.2, 0) is 19.1 Å². The van der Waals surface area contributed by atoms with Crippen LogP contribution in [0.5, 0.6) is 0 Å². The number of hydrogen-bond acceptors (Lipinski definition) is 5. The van der Waals surface area contributed by atoms with Gasteiger partial charge in [-0.1, -0.05) is 127 Å². The summed E-state index contributed by atoms with van der Waals surface area (Å²) in [6.45, 7) is 8.62. The molecule has 0 saturated heterocycles. The highest BCUT2D eigenvalue weighted by Gasteiger charge is 2.30. The largest absolute Gasteiger partial charge is 0.465 e. The van der Waals surface area contributed by atoms with E-state index in [9.17, 15) is 19.2 Å². The Labute approximate surface area is 291 Å². The van der Waals surface area contributed by atoms with Gasteiger partial charge in [0.2, 0.25) is 11.8 Å². The van der Waals surface area contributed by atoms with E-state index < -0.39 is 11.3 Å². The normalized spacial score (nSPS) is 13.0. The lowest BCUT2D eigenvalue weighted by Crippen LogP contribution is -2.33. The highest BCUT2D eigenvalue weighted by atomic mass is 35.5. The summed E-state index contributed by atoms with van der Waals surface area (Å²) >= 11 is 12.1. The fraction of sp³-hybridized carbons (Fsp3) is 0.579. The van der Waals surface area contributed by atoms with Crippen molar-refractivity contribution in [3.05, 3.63) is 58.1 Å². The summed E-state index contributed by atoms with van der Waals surface area (Å²) in [5.41, 5.74) is 0.689. The van der Waals surface area contributed by atoms with E-state index in [0.717, 1.165) is 57.8 Å². The van der Waals surface area contributed by atoms with Gasteiger partial charge in [0.25, 0.3) is 0 Å². The molecule has 2 atom stereocenters. The maximum absolute atomic E-state index is 13.3. The first-order valence-corrected chi connectivity index (χ1v) is 18.1. The van der Waals surface area contributed by atoms with Crippen molar-refractivity contribution in [2.75, 3.05) is 17.2 Å². The third-order valence-corrected chi connectivity index (χ3v) is 9.37. The second-order valence-electron chi connectivity index (χ2n) is 12.9. The summed E-state index contributed by atoms with van der Waals surface area (Å²) in [5.74, 6) is -1.01. The van der Waals surface area contributed by atoms with E-state index in [1.54, 1.807) is 36.4 Å². The molecule has 0 radical (unpaired) electrons. The molecule has 0 heterocycles. The van der Waals surface area contributed by atoms with Crippen LogP contribution in [0.4, 0.5) is 11.4 Å². The molecule has 2 unspecified atom stereocenters. The summed E-state index contributed by atoms with van der Waals surface area (Å²) in [7, 11) is 0. The first kappa shape index (κ1) is 40.3. The molecule has 2 amide bonds. The van der Waals surface area contributed by atoms with Gasteiger partial charge in [0.15, 0.2) is 5.78 Å². The molecule has 2 aromatic carbocycles. The topological polar surface area (TPSA) is 102 Å². The van der Waals surface area contributed by atoms with Gasteiger partial charge in [-0.25, -0.2) is 0 Å². The summed E-state index contributed by atoms with van der Waals surface area (Å²) in [6.07, 6.45) is 14.3. The fourth-order valence-corrected chi connectivity index (χ4v) is 5.66. The maximum atomic E-state index is 13.3. The summed E-state index contributed by atoms with van der Waals surface area (Å²) in [4.78, 5) is 50.6. The SMILES string of the molecule is CCCCOC(=O)C(C)CCCCCCCCCCCC(C)(CC)C(=O)Nc1cccc(C(=O)CC(=O)Nc2cc(Cl)ccc2Cl)c1. The fourth-order valence-electron chi connectivity index (χ4n) is 5.32. The Kier molecular flexibility index (Phi) is 18.7. The smallest absolute Gasteiger partial charge is 0.308 e. The van der Waals surface area contributed by atoms with Gasteiger partial charge in [-0.3, -0.25) is 19.2 Å². The van der Waals surface area contributed by atoms with Crippen molar-refractivity contribution in [3.63, 3.8) is 0 Å². The second-order valence-corrected chi connectivity index (χ2v) is 13.7. The lowest BCUT2D eigenvalue weighted by Gasteiger charge is -2.27. The quantitative estimate of drug-likeness (QED) is 0.0523. The number of nitrogens with one attached hydrogen (secondary N) is 2. The van der Waals surface area contributed by atoms with Crippen LogP contribution in [0.2, 0.25) is 10.0 Å². The summed E-state index contributed by atoms with van der Waals surface area (Å²) < 4.78 is 5.31. The van der Waals surface area contributed by atoms with Gasteiger partial charge >= 0.3 is 5.97 Å². The van der Waals surface area contributed by atoms with Crippen LogP contribution in [0, 0.1) is 11.3 Å². The zero-order valence-corrected chi connectivity index (χ0v) is 30.2. The number of hydrogen-bond donors (Lipinski definition) is 2. The van der Waals surface area contributed by atoms with Gasteiger partial charge in [0.05, 0.1) is 29.7 Å². The molecule has 0 aliphatic rings. The summed E-state index contributed by atoms with van der Waals surface area (Å²) in [5, 5.41) is 6.36. The molecule has 7 nitrogen and oxygen atoms in total. The molecule has 2 N–H and O–H groups in total. The van der Waals surface area contributed by atoms with Crippen LogP contribution in [0.1, 0.15) is 134 Å². The molecular formula is C38H54Cl2N2O5. The van der Waals surface area contributed by atoms with Gasteiger partial charge in [-0.15, -0.1) is 0 Å². The van der Waals surface area contributed by atoms with E-state index in [2.05, 4.69) is 17.6 Å². The Bertz CT molecular complexity index is 1300. The highest BCUT2D eigenvalue weighted by Crippen LogP contribution is 2.31. The van der Waals surface area contributed by atoms with Gasteiger partial charge in [0.1, 0.15) is 0 Å². The van der Waals surface area contributed by atoms with Crippen LogP contribution in [0.3, 0.4) is 0 Å². The third kappa shape index (κ3) is 15.2. The molecule has 2 aromatic rings. The molecule has 0 aliphatic heterocycles. The van der Waals surface area contributed by atoms with Gasteiger partial charge in [-0.2, -0.15) is 0 Å². The number of esters is 1. The number of ketones is 1. The van der Waals surface area contributed by atoms with E-state index >= 15 is 0 Å². The third-order valence-electron chi connectivity index (χ3n) is 8.80. The molecule has 0 saturated carbocycles.